The number of hydrogen-bond donors (Lipinski definition) is 0. The lowest BCUT2D eigenvalue weighted by atomic mass is 10.1. The van der Waals surface area contributed by atoms with Crippen molar-refractivity contribution in [1.82, 2.24) is 9.78 Å². The Hall–Kier alpha value is -2.22. The normalized spacial score (nSPS) is 10.4. The summed E-state index contributed by atoms with van der Waals surface area (Å²) >= 11 is 3.09. The van der Waals surface area contributed by atoms with Crippen molar-refractivity contribution in [3.8, 4) is 5.75 Å². The van der Waals surface area contributed by atoms with Gasteiger partial charge in [-0.25, -0.2) is 0 Å². The van der Waals surface area contributed by atoms with Gasteiger partial charge in [-0.15, -0.1) is 0 Å². The number of Topliss-reactive ketones (excluding diaryl/α,β-unsaturated/α-hetero) is 1. The van der Waals surface area contributed by atoms with E-state index in [0.717, 1.165) is 5.56 Å². The molecule has 0 spiro atoms. The van der Waals surface area contributed by atoms with Gasteiger partial charge in [0.25, 0.3) is 0 Å². The van der Waals surface area contributed by atoms with Gasteiger partial charge in [-0.3, -0.25) is 4.79 Å². The molecule has 2 rings (SSSR count). The Morgan fingerprint density at radius 3 is 2.76 bits per heavy atom. The molecule has 1 heterocycles. The second kappa shape index (κ2) is 6.04. The summed E-state index contributed by atoms with van der Waals surface area (Å²) in [6, 6.07) is 5.06. The molecule has 0 aliphatic heterocycles. The standard InChI is InChI=1S/C13H12BrN3O4/c1-8(18)9-3-4-12(21-2)10(5-9)6-16-7-11(14)13(15-16)17(19)20/h3-5,7H,6H2,1-2H3. The van der Waals surface area contributed by atoms with Crippen molar-refractivity contribution in [2.24, 2.45) is 0 Å². The second-order valence-electron chi connectivity index (χ2n) is 4.34. The van der Waals surface area contributed by atoms with E-state index in [2.05, 4.69) is 21.0 Å². The van der Waals surface area contributed by atoms with Crippen molar-refractivity contribution in [2.75, 3.05) is 7.11 Å². The van der Waals surface area contributed by atoms with Crippen molar-refractivity contribution < 1.29 is 14.5 Å². The number of nitrogens with zero attached hydrogens (tertiary/aromatic N) is 3. The summed E-state index contributed by atoms with van der Waals surface area (Å²) in [6.45, 7) is 1.73. The lowest BCUT2D eigenvalue weighted by Gasteiger charge is -2.08. The van der Waals surface area contributed by atoms with Crippen LogP contribution in [0.15, 0.2) is 28.9 Å². The summed E-state index contributed by atoms with van der Waals surface area (Å²) in [7, 11) is 1.52. The Morgan fingerprint density at radius 1 is 1.52 bits per heavy atom. The fraction of sp³-hybridized carbons (Fsp3) is 0.231. The lowest BCUT2D eigenvalue weighted by Crippen LogP contribution is -2.05. The zero-order valence-corrected chi connectivity index (χ0v) is 13.0. The largest absolute Gasteiger partial charge is 0.496 e. The molecule has 2 aromatic rings. The van der Waals surface area contributed by atoms with E-state index in [9.17, 15) is 14.9 Å². The van der Waals surface area contributed by atoms with Crippen LogP contribution in [0.3, 0.4) is 0 Å². The third kappa shape index (κ3) is 3.27. The average molecular weight is 354 g/mol. The Balaban J connectivity index is 2.38. The minimum absolute atomic E-state index is 0.0634. The second-order valence-corrected chi connectivity index (χ2v) is 5.19. The molecule has 0 N–H and O–H groups in total. The predicted octanol–water partition coefficient (Wildman–Crippen LogP) is 2.81. The number of ketones is 1. The van der Waals surface area contributed by atoms with Gasteiger partial charge in [0.15, 0.2) is 5.78 Å². The summed E-state index contributed by atoms with van der Waals surface area (Å²) < 4.78 is 6.96. The molecule has 110 valence electrons. The van der Waals surface area contributed by atoms with Crippen LogP contribution in [0.1, 0.15) is 22.8 Å². The third-order valence-electron chi connectivity index (χ3n) is 2.89. The maximum atomic E-state index is 11.4. The Bertz CT molecular complexity index is 711. The van der Waals surface area contributed by atoms with Crippen molar-refractivity contribution in [3.05, 3.63) is 50.1 Å². The molecule has 0 unspecified atom stereocenters. The Kier molecular flexibility index (Phi) is 4.37. The molecule has 1 aromatic carbocycles. The molecular formula is C13H12BrN3O4. The van der Waals surface area contributed by atoms with E-state index in [1.807, 2.05) is 0 Å². The number of aromatic nitrogens is 2. The zero-order valence-electron chi connectivity index (χ0n) is 11.4. The van der Waals surface area contributed by atoms with E-state index < -0.39 is 4.92 Å². The highest BCUT2D eigenvalue weighted by Gasteiger charge is 2.19. The number of rotatable bonds is 5. The molecule has 0 bridgehead atoms. The van der Waals surface area contributed by atoms with Crippen LogP contribution in [0.25, 0.3) is 0 Å². The number of carbonyl (C=O) groups is 1. The van der Waals surface area contributed by atoms with Crippen molar-refractivity contribution in [3.63, 3.8) is 0 Å². The third-order valence-corrected chi connectivity index (χ3v) is 3.45. The average Bonchev–Trinajstić information content (AvgIpc) is 2.79. The molecule has 0 aliphatic rings. The number of benzene rings is 1. The van der Waals surface area contributed by atoms with E-state index in [0.29, 0.717) is 15.8 Å². The first kappa shape index (κ1) is 15.2. The molecular weight excluding hydrogens is 342 g/mol. The molecule has 0 aliphatic carbocycles. The molecule has 0 radical (unpaired) electrons. The minimum Gasteiger partial charge on any atom is -0.496 e. The van der Waals surface area contributed by atoms with Crippen LogP contribution in [0.2, 0.25) is 0 Å². The molecule has 0 fully saturated rings. The number of halogens is 1. The van der Waals surface area contributed by atoms with Crippen LogP contribution in [0.4, 0.5) is 5.82 Å². The summed E-state index contributed by atoms with van der Waals surface area (Å²) in [5, 5.41) is 14.7. The van der Waals surface area contributed by atoms with Crippen LogP contribution in [-0.4, -0.2) is 27.6 Å². The SMILES string of the molecule is COc1ccc(C(C)=O)cc1Cn1cc(Br)c([N+](=O)[O-])n1. The number of carbonyl (C=O) groups excluding carboxylic acids is 1. The van der Waals surface area contributed by atoms with Gasteiger partial charge in [-0.05, 0) is 46.0 Å². The van der Waals surface area contributed by atoms with Crippen molar-refractivity contribution >= 4 is 27.5 Å². The molecule has 21 heavy (non-hydrogen) atoms. The van der Waals surface area contributed by atoms with Crippen LogP contribution in [-0.2, 0) is 6.54 Å². The van der Waals surface area contributed by atoms with Crippen LogP contribution in [0.5, 0.6) is 5.75 Å². The Morgan fingerprint density at radius 2 is 2.24 bits per heavy atom. The van der Waals surface area contributed by atoms with Crippen LogP contribution < -0.4 is 4.74 Å². The topological polar surface area (TPSA) is 87.3 Å². The molecule has 8 heteroatoms. The molecule has 0 atom stereocenters. The van der Waals surface area contributed by atoms with Crippen LogP contribution >= 0.6 is 15.9 Å². The molecule has 0 amide bonds. The van der Waals surface area contributed by atoms with Gasteiger partial charge in [-0.1, -0.05) is 0 Å². The lowest BCUT2D eigenvalue weighted by molar-refractivity contribution is -0.390. The molecule has 0 saturated carbocycles. The van der Waals surface area contributed by atoms with E-state index in [1.54, 1.807) is 18.2 Å². The minimum atomic E-state index is -0.566. The highest BCUT2D eigenvalue weighted by Crippen LogP contribution is 2.25. The van der Waals surface area contributed by atoms with Gasteiger partial charge in [0.05, 0.1) is 25.0 Å². The van der Waals surface area contributed by atoms with Gasteiger partial charge in [0.1, 0.15) is 10.2 Å². The predicted molar refractivity (Wildman–Crippen MR) is 78.7 cm³/mol. The molecule has 0 saturated heterocycles. The highest BCUT2D eigenvalue weighted by molar-refractivity contribution is 9.10. The van der Waals surface area contributed by atoms with E-state index in [1.165, 1.54) is 24.9 Å². The van der Waals surface area contributed by atoms with E-state index in [-0.39, 0.29) is 18.1 Å². The summed E-state index contributed by atoms with van der Waals surface area (Å²) in [4.78, 5) is 21.7. The zero-order chi connectivity index (χ0) is 15.6. The van der Waals surface area contributed by atoms with Crippen molar-refractivity contribution in [2.45, 2.75) is 13.5 Å². The number of hydrogen-bond acceptors (Lipinski definition) is 5. The highest BCUT2D eigenvalue weighted by atomic mass is 79.9. The van der Waals surface area contributed by atoms with Gasteiger partial charge in [0.2, 0.25) is 0 Å². The first-order valence-electron chi connectivity index (χ1n) is 5.97. The van der Waals surface area contributed by atoms with Crippen LogP contribution in [0, 0.1) is 10.1 Å². The fourth-order valence-electron chi connectivity index (χ4n) is 1.89. The molecule has 7 nitrogen and oxygen atoms in total. The van der Waals surface area contributed by atoms with E-state index >= 15 is 0 Å². The summed E-state index contributed by atoms with van der Waals surface area (Å²) in [5.74, 6) is 0.275. The number of nitro groups is 1. The molecule has 1 aromatic heterocycles. The maximum Gasteiger partial charge on any atom is 0.404 e. The first-order chi connectivity index (χ1) is 9.92. The smallest absolute Gasteiger partial charge is 0.404 e. The summed E-state index contributed by atoms with van der Waals surface area (Å²) in [6.07, 6.45) is 1.51. The fourth-order valence-corrected chi connectivity index (χ4v) is 2.35. The quantitative estimate of drug-likeness (QED) is 0.468. The van der Waals surface area contributed by atoms with Crippen molar-refractivity contribution in [1.29, 1.82) is 0 Å². The number of ether oxygens (including phenoxy) is 1. The van der Waals surface area contributed by atoms with Gasteiger partial charge < -0.3 is 14.9 Å². The van der Waals surface area contributed by atoms with Gasteiger partial charge >= 0.3 is 5.82 Å². The maximum absolute atomic E-state index is 11.4. The first-order valence-corrected chi connectivity index (χ1v) is 6.77. The monoisotopic (exact) mass is 353 g/mol. The van der Waals surface area contributed by atoms with Gasteiger partial charge in [-0.2, -0.15) is 4.68 Å². The van der Waals surface area contributed by atoms with E-state index in [4.69, 9.17) is 4.74 Å². The number of methoxy groups -OCH3 is 1. The van der Waals surface area contributed by atoms with Gasteiger partial charge in [0, 0.05) is 11.1 Å². The summed E-state index contributed by atoms with van der Waals surface area (Å²) in [5.41, 5.74) is 1.27. The Labute approximate surface area is 128 Å².